The van der Waals surface area contributed by atoms with Gasteiger partial charge in [-0.15, -0.1) is 0 Å². The Bertz CT molecular complexity index is 576. The molecule has 1 aromatic rings. The molecule has 1 saturated heterocycles. The van der Waals surface area contributed by atoms with Crippen LogP contribution in [0.25, 0.3) is 0 Å². The third-order valence-corrected chi connectivity index (χ3v) is 4.48. The first-order chi connectivity index (χ1) is 10.9. The number of methoxy groups -OCH3 is 1. The van der Waals surface area contributed by atoms with Gasteiger partial charge in [-0.25, -0.2) is 0 Å². The lowest BCUT2D eigenvalue weighted by Gasteiger charge is -2.32. The fourth-order valence-electron chi connectivity index (χ4n) is 2.80. The average Bonchev–Trinajstić information content (AvgIpc) is 2.57. The zero-order valence-electron chi connectivity index (χ0n) is 14.3. The Morgan fingerprint density at radius 3 is 2.39 bits per heavy atom. The number of carbonyl (C=O) groups is 2. The van der Waals surface area contributed by atoms with Gasteiger partial charge >= 0.3 is 5.97 Å². The van der Waals surface area contributed by atoms with Gasteiger partial charge in [0.05, 0.1) is 13.0 Å². The van der Waals surface area contributed by atoms with Gasteiger partial charge in [0.15, 0.2) is 6.10 Å². The Labute approximate surface area is 137 Å². The molecule has 1 aliphatic rings. The first kappa shape index (κ1) is 17.3. The molecule has 1 heterocycles. The molecule has 1 fully saturated rings. The molecule has 126 valence electrons. The maximum absolute atomic E-state index is 12.5. The van der Waals surface area contributed by atoms with Crippen molar-refractivity contribution < 1.29 is 19.1 Å². The molecule has 0 saturated carbocycles. The highest BCUT2D eigenvalue weighted by Crippen LogP contribution is 2.21. The van der Waals surface area contributed by atoms with Crippen molar-refractivity contribution in [1.82, 2.24) is 4.90 Å². The lowest BCUT2D eigenvalue weighted by Crippen LogP contribution is -2.45. The van der Waals surface area contributed by atoms with E-state index < -0.39 is 6.10 Å². The summed E-state index contributed by atoms with van der Waals surface area (Å²) in [5, 5.41) is 0. The van der Waals surface area contributed by atoms with Crippen LogP contribution in [-0.2, 0) is 14.3 Å². The van der Waals surface area contributed by atoms with Gasteiger partial charge in [0.2, 0.25) is 0 Å². The highest BCUT2D eigenvalue weighted by atomic mass is 16.5. The number of nitrogens with zero attached hydrogens (tertiary/aromatic N) is 1. The van der Waals surface area contributed by atoms with Crippen molar-refractivity contribution in [2.75, 3.05) is 20.2 Å². The van der Waals surface area contributed by atoms with Crippen molar-refractivity contribution >= 4 is 11.9 Å². The quantitative estimate of drug-likeness (QED) is 0.800. The van der Waals surface area contributed by atoms with E-state index in [0.717, 1.165) is 5.56 Å². The van der Waals surface area contributed by atoms with Crippen LogP contribution in [0.4, 0.5) is 0 Å². The second-order valence-electron chi connectivity index (χ2n) is 6.13. The monoisotopic (exact) mass is 319 g/mol. The largest absolute Gasteiger partial charge is 0.481 e. The standard InChI is InChI=1S/C18H25NO4/c1-12-5-6-16(11-13(12)2)23-14(3)17(20)19-9-7-15(8-10-19)18(21)22-4/h5-6,11,14-15H,7-10H2,1-4H3/t14-/m1/s1. The van der Waals surface area contributed by atoms with Crippen molar-refractivity contribution in [3.63, 3.8) is 0 Å². The second-order valence-corrected chi connectivity index (χ2v) is 6.13. The number of aryl methyl sites for hydroxylation is 2. The minimum absolute atomic E-state index is 0.0356. The molecular weight excluding hydrogens is 294 g/mol. The van der Waals surface area contributed by atoms with Gasteiger partial charge in [0.1, 0.15) is 5.75 Å². The molecule has 0 spiro atoms. The molecule has 0 aromatic heterocycles. The predicted molar refractivity (Wildman–Crippen MR) is 87.3 cm³/mol. The third kappa shape index (κ3) is 4.24. The van der Waals surface area contributed by atoms with Crippen molar-refractivity contribution in [2.45, 2.75) is 39.7 Å². The minimum atomic E-state index is -0.535. The van der Waals surface area contributed by atoms with Crippen LogP contribution in [0.15, 0.2) is 18.2 Å². The SMILES string of the molecule is COC(=O)C1CCN(C(=O)[C@@H](C)Oc2ccc(C)c(C)c2)CC1. The number of benzene rings is 1. The first-order valence-electron chi connectivity index (χ1n) is 8.03. The molecule has 1 aromatic carbocycles. The number of carbonyl (C=O) groups excluding carboxylic acids is 2. The van der Waals surface area contributed by atoms with Crippen LogP contribution in [0.2, 0.25) is 0 Å². The Balaban J connectivity index is 1.90. The van der Waals surface area contributed by atoms with Crippen LogP contribution in [-0.4, -0.2) is 43.1 Å². The first-order valence-corrected chi connectivity index (χ1v) is 8.03. The van der Waals surface area contributed by atoms with Crippen LogP contribution in [0, 0.1) is 19.8 Å². The highest BCUT2D eigenvalue weighted by Gasteiger charge is 2.30. The Morgan fingerprint density at radius 2 is 1.83 bits per heavy atom. The number of ether oxygens (including phenoxy) is 2. The number of hydrogen-bond acceptors (Lipinski definition) is 4. The summed E-state index contributed by atoms with van der Waals surface area (Å²) in [4.78, 5) is 25.8. The number of hydrogen-bond donors (Lipinski definition) is 0. The van der Waals surface area contributed by atoms with E-state index in [9.17, 15) is 9.59 Å². The van der Waals surface area contributed by atoms with Crippen LogP contribution >= 0.6 is 0 Å². The van der Waals surface area contributed by atoms with Gasteiger partial charge in [0.25, 0.3) is 5.91 Å². The molecule has 5 heteroatoms. The van der Waals surface area contributed by atoms with Gasteiger partial charge < -0.3 is 14.4 Å². The highest BCUT2D eigenvalue weighted by molar-refractivity contribution is 5.81. The number of likely N-dealkylation sites (tertiary alicyclic amines) is 1. The summed E-state index contributed by atoms with van der Waals surface area (Å²) in [5.74, 6) is 0.390. The Kier molecular flexibility index (Phi) is 5.64. The van der Waals surface area contributed by atoms with Crippen LogP contribution < -0.4 is 4.74 Å². The Hall–Kier alpha value is -2.04. The summed E-state index contributed by atoms with van der Waals surface area (Å²) >= 11 is 0. The molecule has 0 N–H and O–H groups in total. The van der Waals surface area contributed by atoms with Crippen molar-refractivity contribution in [2.24, 2.45) is 5.92 Å². The van der Waals surface area contributed by atoms with E-state index in [0.29, 0.717) is 31.7 Å². The van der Waals surface area contributed by atoms with Crippen molar-refractivity contribution in [3.8, 4) is 5.75 Å². The summed E-state index contributed by atoms with van der Waals surface area (Å²) in [6.45, 7) is 6.97. The van der Waals surface area contributed by atoms with Gasteiger partial charge in [0, 0.05) is 13.1 Å². The third-order valence-electron chi connectivity index (χ3n) is 4.48. The lowest BCUT2D eigenvalue weighted by molar-refractivity contribution is -0.150. The molecule has 23 heavy (non-hydrogen) atoms. The Morgan fingerprint density at radius 1 is 1.17 bits per heavy atom. The summed E-state index contributed by atoms with van der Waals surface area (Å²) < 4.78 is 10.5. The van der Waals surface area contributed by atoms with Gasteiger partial charge in [-0.05, 0) is 56.9 Å². The van der Waals surface area contributed by atoms with Crippen molar-refractivity contribution in [1.29, 1.82) is 0 Å². The summed E-state index contributed by atoms with van der Waals surface area (Å²) in [6.07, 6.45) is 0.760. The molecule has 5 nitrogen and oxygen atoms in total. The van der Waals surface area contributed by atoms with E-state index in [1.54, 1.807) is 11.8 Å². The van der Waals surface area contributed by atoms with E-state index in [-0.39, 0.29) is 17.8 Å². The molecule has 1 amide bonds. The molecule has 2 rings (SSSR count). The van der Waals surface area contributed by atoms with E-state index >= 15 is 0 Å². The summed E-state index contributed by atoms with van der Waals surface area (Å²) in [5.41, 5.74) is 2.34. The van der Waals surface area contributed by atoms with Crippen LogP contribution in [0.5, 0.6) is 5.75 Å². The summed E-state index contributed by atoms with van der Waals surface area (Å²) in [7, 11) is 1.40. The summed E-state index contributed by atoms with van der Waals surface area (Å²) in [6, 6.07) is 5.82. The minimum Gasteiger partial charge on any atom is -0.481 e. The predicted octanol–water partition coefficient (Wildman–Crippen LogP) is 2.48. The molecule has 1 atom stereocenters. The molecule has 0 bridgehead atoms. The molecule has 0 unspecified atom stereocenters. The van der Waals surface area contributed by atoms with Crippen LogP contribution in [0.3, 0.4) is 0 Å². The van der Waals surface area contributed by atoms with E-state index in [4.69, 9.17) is 9.47 Å². The van der Waals surface area contributed by atoms with Crippen molar-refractivity contribution in [3.05, 3.63) is 29.3 Å². The van der Waals surface area contributed by atoms with E-state index in [1.807, 2.05) is 32.0 Å². The molecular formula is C18H25NO4. The topological polar surface area (TPSA) is 55.8 Å². The number of rotatable bonds is 4. The average molecular weight is 319 g/mol. The maximum Gasteiger partial charge on any atom is 0.308 e. The van der Waals surface area contributed by atoms with Crippen LogP contribution in [0.1, 0.15) is 30.9 Å². The molecule has 0 radical (unpaired) electrons. The zero-order chi connectivity index (χ0) is 17.0. The fourth-order valence-corrected chi connectivity index (χ4v) is 2.80. The molecule has 0 aliphatic carbocycles. The fraction of sp³-hybridized carbons (Fsp3) is 0.556. The van der Waals surface area contributed by atoms with Gasteiger partial charge in [-0.1, -0.05) is 6.07 Å². The van der Waals surface area contributed by atoms with Gasteiger partial charge in [-0.3, -0.25) is 9.59 Å². The van der Waals surface area contributed by atoms with Gasteiger partial charge in [-0.2, -0.15) is 0 Å². The van der Waals surface area contributed by atoms with E-state index in [1.165, 1.54) is 12.7 Å². The normalized spacial score (nSPS) is 16.8. The number of esters is 1. The zero-order valence-corrected chi connectivity index (χ0v) is 14.3. The number of piperidine rings is 1. The lowest BCUT2D eigenvalue weighted by atomic mass is 9.97. The second kappa shape index (κ2) is 7.49. The smallest absolute Gasteiger partial charge is 0.308 e. The van der Waals surface area contributed by atoms with E-state index in [2.05, 4.69) is 0 Å². The molecule has 1 aliphatic heterocycles. The number of amides is 1. The maximum atomic E-state index is 12.5.